The third-order valence-electron chi connectivity index (χ3n) is 6.24. The third kappa shape index (κ3) is 6.68. The molecule has 1 aliphatic heterocycles. The maximum absolute atomic E-state index is 12.2. The molecule has 4 rings (SSSR count). The first kappa shape index (κ1) is 24.9. The van der Waals surface area contributed by atoms with E-state index in [4.69, 9.17) is 9.47 Å². The molecule has 0 fully saturated rings. The molecule has 3 aromatic rings. The fraction of sp³-hybridized carbons (Fsp3) is 0.444. The topological polar surface area (TPSA) is 81.5 Å². The van der Waals surface area contributed by atoms with Gasteiger partial charge in [0.1, 0.15) is 24.8 Å². The lowest BCUT2D eigenvalue weighted by Crippen LogP contribution is -2.36. The van der Waals surface area contributed by atoms with Gasteiger partial charge in [0.2, 0.25) is 5.91 Å². The number of hydrogen-bond acceptors (Lipinski definition) is 6. The molecule has 2 heterocycles. The van der Waals surface area contributed by atoms with Gasteiger partial charge in [0.05, 0.1) is 6.04 Å². The van der Waals surface area contributed by atoms with Crippen molar-refractivity contribution in [2.24, 2.45) is 5.92 Å². The number of hydrogen-bond donors (Lipinski definition) is 1. The summed E-state index contributed by atoms with van der Waals surface area (Å²) < 4.78 is 13.2. The normalized spacial score (nSPS) is 14.9. The summed E-state index contributed by atoms with van der Waals surface area (Å²) in [6.07, 6.45) is 0.814. The Balaban J connectivity index is 1.38. The van der Waals surface area contributed by atoms with Crippen molar-refractivity contribution in [3.63, 3.8) is 0 Å². The molecule has 8 heteroatoms. The Morgan fingerprint density at radius 2 is 1.83 bits per heavy atom. The number of ether oxygens (including phenoxy) is 2. The average Bonchev–Trinajstić information content (AvgIpc) is 3.15. The second kappa shape index (κ2) is 12.0. The summed E-state index contributed by atoms with van der Waals surface area (Å²) in [5.41, 5.74) is 2.38. The van der Waals surface area contributed by atoms with Crippen molar-refractivity contribution >= 4 is 5.91 Å². The maximum Gasteiger partial charge on any atom is 0.246 e. The summed E-state index contributed by atoms with van der Waals surface area (Å²) in [4.78, 5) is 14.6. The zero-order valence-corrected chi connectivity index (χ0v) is 20.8. The molecule has 0 saturated carbocycles. The lowest BCUT2D eigenvalue weighted by Gasteiger charge is -2.23. The van der Waals surface area contributed by atoms with Gasteiger partial charge in [-0.25, -0.2) is 0 Å². The molecule has 0 unspecified atom stereocenters. The molecule has 0 spiro atoms. The van der Waals surface area contributed by atoms with Crippen molar-refractivity contribution in [3.8, 4) is 5.75 Å². The van der Waals surface area contributed by atoms with Crippen molar-refractivity contribution in [1.29, 1.82) is 0 Å². The molecule has 1 aliphatic rings. The van der Waals surface area contributed by atoms with Crippen LogP contribution in [0.15, 0.2) is 54.6 Å². The van der Waals surface area contributed by atoms with Gasteiger partial charge in [0.25, 0.3) is 0 Å². The van der Waals surface area contributed by atoms with E-state index in [1.807, 2.05) is 24.3 Å². The molecule has 0 saturated heterocycles. The van der Waals surface area contributed by atoms with E-state index in [9.17, 15) is 4.79 Å². The van der Waals surface area contributed by atoms with Crippen molar-refractivity contribution in [2.45, 2.75) is 46.0 Å². The molecular weight excluding hydrogens is 442 g/mol. The highest BCUT2D eigenvalue weighted by molar-refractivity contribution is 5.77. The van der Waals surface area contributed by atoms with E-state index in [-0.39, 0.29) is 24.5 Å². The van der Waals surface area contributed by atoms with Gasteiger partial charge in [-0.3, -0.25) is 9.69 Å². The first-order chi connectivity index (χ1) is 17.0. The number of nitrogens with zero attached hydrogens (tertiary/aromatic N) is 4. The van der Waals surface area contributed by atoms with Gasteiger partial charge in [-0.1, -0.05) is 56.3 Å². The molecule has 186 valence electrons. The molecule has 0 aliphatic carbocycles. The molecule has 1 atom stereocenters. The zero-order valence-electron chi connectivity index (χ0n) is 20.8. The molecule has 35 heavy (non-hydrogen) atoms. The van der Waals surface area contributed by atoms with Gasteiger partial charge in [-0.05, 0) is 29.2 Å². The number of nitrogens with one attached hydrogen (secondary N) is 1. The number of rotatable bonds is 10. The van der Waals surface area contributed by atoms with Gasteiger partial charge < -0.3 is 19.4 Å². The number of methoxy groups -OCH3 is 1. The Bertz CT molecular complexity index is 1100. The van der Waals surface area contributed by atoms with Crippen LogP contribution in [0.3, 0.4) is 0 Å². The van der Waals surface area contributed by atoms with Crippen LogP contribution in [0.25, 0.3) is 0 Å². The fourth-order valence-corrected chi connectivity index (χ4v) is 4.39. The quantitative estimate of drug-likeness (QED) is 0.482. The molecule has 0 radical (unpaired) electrons. The minimum Gasteiger partial charge on any atom is -0.489 e. The fourth-order valence-electron chi connectivity index (χ4n) is 4.39. The molecule has 1 aromatic heterocycles. The molecule has 0 bridgehead atoms. The highest BCUT2D eigenvalue weighted by Gasteiger charge is 2.27. The van der Waals surface area contributed by atoms with Gasteiger partial charge in [0.15, 0.2) is 5.82 Å². The zero-order chi connectivity index (χ0) is 24.6. The van der Waals surface area contributed by atoms with Crippen LogP contribution in [-0.4, -0.2) is 52.4 Å². The Morgan fingerprint density at radius 1 is 1.03 bits per heavy atom. The second-order valence-corrected chi connectivity index (χ2v) is 9.30. The predicted octanol–water partition coefficient (Wildman–Crippen LogP) is 3.38. The average molecular weight is 478 g/mol. The number of amides is 1. The van der Waals surface area contributed by atoms with Crippen LogP contribution in [0.4, 0.5) is 0 Å². The van der Waals surface area contributed by atoms with E-state index >= 15 is 0 Å². The Hall–Kier alpha value is -3.23. The number of carbonyl (C=O) groups is 1. The van der Waals surface area contributed by atoms with Gasteiger partial charge in [-0.15, -0.1) is 10.2 Å². The SMILES string of the molecule is COCC(=O)N[C@H](c1nnc2n1CCN(Cc1cccc(OCc3ccccc3)c1)CC2)C(C)C. The van der Waals surface area contributed by atoms with E-state index in [1.165, 1.54) is 12.7 Å². The van der Waals surface area contributed by atoms with E-state index in [0.29, 0.717) is 6.61 Å². The van der Waals surface area contributed by atoms with E-state index in [2.05, 4.69) is 69.2 Å². The van der Waals surface area contributed by atoms with Gasteiger partial charge >= 0.3 is 0 Å². The van der Waals surface area contributed by atoms with Crippen molar-refractivity contribution < 1.29 is 14.3 Å². The largest absolute Gasteiger partial charge is 0.489 e. The minimum absolute atomic E-state index is 0.0338. The molecule has 8 nitrogen and oxygen atoms in total. The van der Waals surface area contributed by atoms with Crippen LogP contribution in [0.5, 0.6) is 5.75 Å². The summed E-state index contributed by atoms with van der Waals surface area (Å²) in [7, 11) is 1.52. The summed E-state index contributed by atoms with van der Waals surface area (Å²) in [5.74, 6) is 2.70. The van der Waals surface area contributed by atoms with Crippen LogP contribution in [0.1, 0.15) is 42.7 Å². The van der Waals surface area contributed by atoms with Gasteiger partial charge in [-0.2, -0.15) is 0 Å². The summed E-state index contributed by atoms with van der Waals surface area (Å²) >= 11 is 0. The smallest absolute Gasteiger partial charge is 0.246 e. The number of aromatic nitrogens is 3. The molecule has 1 amide bonds. The predicted molar refractivity (Wildman–Crippen MR) is 134 cm³/mol. The summed E-state index contributed by atoms with van der Waals surface area (Å²) in [5, 5.41) is 12.0. The Labute approximate surface area is 207 Å². The lowest BCUT2D eigenvalue weighted by molar-refractivity contribution is -0.125. The molecule has 2 aromatic carbocycles. The highest BCUT2D eigenvalue weighted by Crippen LogP contribution is 2.23. The van der Waals surface area contributed by atoms with E-state index in [0.717, 1.165) is 55.6 Å². The number of carbonyl (C=O) groups excluding carboxylic acids is 1. The van der Waals surface area contributed by atoms with Crippen LogP contribution in [0.2, 0.25) is 0 Å². The summed E-state index contributed by atoms with van der Waals surface area (Å²) in [6.45, 7) is 8.15. The van der Waals surface area contributed by atoms with E-state index < -0.39 is 0 Å². The van der Waals surface area contributed by atoms with Crippen molar-refractivity contribution in [3.05, 3.63) is 77.4 Å². The highest BCUT2D eigenvalue weighted by atomic mass is 16.5. The summed E-state index contributed by atoms with van der Waals surface area (Å²) in [6, 6.07) is 18.3. The Morgan fingerprint density at radius 3 is 2.60 bits per heavy atom. The maximum atomic E-state index is 12.2. The van der Waals surface area contributed by atoms with Crippen molar-refractivity contribution in [1.82, 2.24) is 25.0 Å². The van der Waals surface area contributed by atoms with Crippen LogP contribution in [0, 0.1) is 5.92 Å². The van der Waals surface area contributed by atoms with Crippen LogP contribution >= 0.6 is 0 Å². The minimum atomic E-state index is -0.205. The number of fused-ring (bicyclic) bond motifs is 1. The van der Waals surface area contributed by atoms with Crippen molar-refractivity contribution in [2.75, 3.05) is 26.8 Å². The number of benzene rings is 2. The Kier molecular flexibility index (Phi) is 8.50. The second-order valence-electron chi connectivity index (χ2n) is 9.30. The third-order valence-corrected chi connectivity index (χ3v) is 6.24. The first-order valence-electron chi connectivity index (χ1n) is 12.2. The molecular formula is C27H35N5O3. The van der Waals surface area contributed by atoms with E-state index in [1.54, 1.807) is 0 Å². The standard InChI is InChI=1S/C27H35N5O3/c1-20(2)26(28-25(33)19-34-3)27-30-29-24-12-13-31(14-15-32(24)27)17-22-10-7-11-23(16-22)35-18-21-8-5-4-6-9-21/h4-11,16,20,26H,12-15,17-19H2,1-3H3,(H,28,33)/t26-/m0/s1. The first-order valence-corrected chi connectivity index (χ1v) is 12.2. The monoisotopic (exact) mass is 477 g/mol. The lowest BCUT2D eigenvalue weighted by atomic mass is 10.0. The van der Waals surface area contributed by atoms with Gasteiger partial charge in [0, 0.05) is 39.7 Å². The van der Waals surface area contributed by atoms with Crippen LogP contribution < -0.4 is 10.1 Å². The molecule has 1 N–H and O–H groups in total. The van der Waals surface area contributed by atoms with Crippen LogP contribution in [-0.2, 0) is 35.6 Å².